The molecule has 20 heavy (non-hydrogen) atoms. The fraction of sp³-hybridized carbons (Fsp3) is 0.417. The molecule has 0 aromatic heterocycles. The first-order valence-corrected chi connectivity index (χ1v) is 7.53. The lowest BCUT2D eigenvalue weighted by molar-refractivity contribution is -0.384. The van der Waals surface area contributed by atoms with Gasteiger partial charge in [-0.2, -0.15) is 9.57 Å². The molecule has 1 aromatic carbocycles. The average molecular weight is 295 g/mol. The lowest BCUT2D eigenvalue weighted by Crippen LogP contribution is -2.39. The summed E-state index contributed by atoms with van der Waals surface area (Å²) in [6, 6.07) is 6.87. The van der Waals surface area contributed by atoms with Crippen molar-refractivity contribution >= 4 is 15.7 Å². The maximum Gasteiger partial charge on any atom is 0.269 e. The third-order valence-electron chi connectivity index (χ3n) is 3.25. The minimum Gasteiger partial charge on any atom is -0.258 e. The standard InChI is InChI=1S/C12H13N3O4S/c13-8-10-2-1-7-14(9-10)20(18,19)12-5-3-11(4-6-12)15(16)17/h3-6,10H,1-2,7,9H2. The van der Waals surface area contributed by atoms with E-state index in [1.807, 2.05) is 0 Å². The molecule has 1 heterocycles. The largest absolute Gasteiger partial charge is 0.269 e. The number of rotatable bonds is 3. The van der Waals surface area contributed by atoms with Crippen LogP contribution in [-0.2, 0) is 10.0 Å². The van der Waals surface area contributed by atoms with E-state index in [9.17, 15) is 18.5 Å². The molecule has 1 unspecified atom stereocenters. The molecule has 7 nitrogen and oxygen atoms in total. The van der Waals surface area contributed by atoms with Crippen molar-refractivity contribution in [1.82, 2.24) is 4.31 Å². The highest BCUT2D eigenvalue weighted by atomic mass is 32.2. The van der Waals surface area contributed by atoms with E-state index in [2.05, 4.69) is 6.07 Å². The molecule has 0 aliphatic carbocycles. The number of hydrogen-bond donors (Lipinski definition) is 0. The molecule has 106 valence electrons. The Morgan fingerprint density at radius 2 is 2.00 bits per heavy atom. The van der Waals surface area contributed by atoms with Gasteiger partial charge in [0.2, 0.25) is 10.0 Å². The molecule has 2 rings (SSSR count). The molecule has 1 fully saturated rings. The second-order valence-corrected chi connectivity index (χ2v) is 6.52. The summed E-state index contributed by atoms with van der Waals surface area (Å²) < 4.78 is 26.0. The van der Waals surface area contributed by atoms with Crippen LogP contribution in [0.5, 0.6) is 0 Å². The molecule has 8 heteroatoms. The van der Waals surface area contributed by atoms with Gasteiger partial charge < -0.3 is 0 Å². The Kier molecular flexibility index (Phi) is 4.01. The van der Waals surface area contributed by atoms with Crippen molar-refractivity contribution in [2.24, 2.45) is 5.92 Å². The quantitative estimate of drug-likeness (QED) is 0.621. The van der Waals surface area contributed by atoms with E-state index in [0.717, 1.165) is 0 Å². The lowest BCUT2D eigenvalue weighted by atomic mass is 10.0. The fourth-order valence-corrected chi connectivity index (χ4v) is 3.68. The van der Waals surface area contributed by atoms with E-state index < -0.39 is 14.9 Å². The summed E-state index contributed by atoms with van der Waals surface area (Å²) in [5, 5.41) is 19.5. The highest BCUT2D eigenvalue weighted by Gasteiger charge is 2.30. The zero-order chi connectivity index (χ0) is 14.8. The third kappa shape index (κ3) is 2.79. The van der Waals surface area contributed by atoms with E-state index in [4.69, 9.17) is 5.26 Å². The maximum absolute atomic E-state index is 12.4. The van der Waals surface area contributed by atoms with Crippen molar-refractivity contribution in [1.29, 1.82) is 5.26 Å². The smallest absolute Gasteiger partial charge is 0.258 e. The Morgan fingerprint density at radius 1 is 1.35 bits per heavy atom. The monoisotopic (exact) mass is 295 g/mol. The minimum atomic E-state index is -3.69. The molecule has 1 aliphatic rings. The highest BCUT2D eigenvalue weighted by molar-refractivity contribution is 7.89. The minimum absolute atomic E-state index is 0.0155. The maximum atomic E-state index is 12.4. The number of benzene rings is 1. The van der Waals surface area contributed by atoms with Gasteiger partial charge in [0, 0.05) is 25.2 Å². The summed E-state index contributed by atoms with van der Waals surface area (Å²) in [4.78, 5) is 9.99. The van der Waals surface area contributed by atoms with Crippen molar-refractivity contribution in [2.75, 3.05) is 13.1 Å². The number of nitro groups is 1. The number of nitro benzene ring substituents is 1. The van der Waals surface area contributed by atoms with Crippen LogP contribution in [0, 0.1) is 27.4 Å². The van der Waals surface area contributed by atoms with Gasteiger partial charge in [-0.15, -0.1) is 0 Å². The fourth-order valence-electron chi connectivity index (χ4n) is 2.15. The van der Waals surface area contributed by atoms with Gasteiger partial charge in [0.25, 0.3) is 5.69 Å². The molecule has 1 saturated heterocycles. The molecule has 0 bridgehead atoms. The van der Waals surface area contributed by atoms with Crippen molar-refractivity contribution in [3.05, 3.63) is 34.4 Å². The summed E-state index contributed by atoms with van der Waals surface area (Å²) in [7, 11) is -3.69. The second-order valence-electron chi connectivity index (χ2n) is 4.58. The zero-order valence-electron chi connectivity index (χ0n) is 10.6. The molecule has 0 amide bonds. The van der Waals surface area contributed by atoms with Gasteiger partial charge in [0.1, 0.15) is 0 Å². The van der Waals surface area contributed by atoms with Crippen LogP contribution in [-0.4, -0.2) is 30.7 Å². The highest BCUT2D eigenvalue weighted by Crippen LogP contribution is 2.24. The van der Waals surface area contributed by atoms with Gasteiger partial charge >= 0.3 is 0 Å². The second kappa shape index (κ2) is 5.56. The molecule has 0 radical (unpaired) electrons. The van der Waals surface area contributed by atoms with Crippen LogP contribution < -0.4 is 0 Å². The zero-order valence-corrected chi connectivity index (χ0v) is 11.4. The van der Waals surface area contributed by atoms with Crippen LogP contribution in [0.25, 0.3) is 0 Å². The molecule has 1 aliphatic heterocycles. The topological polar surface area (TPSA) is 104 Å². The van der Waals surface area contributed by atoms with Gasteiger partial charge in [-0.1, -0.05) is 0 Å². The third-order valence-corrected chi connectivity index (χ3v) is 5.13. The first-order valence-electron chi connectivity index (χ1n) is 6.09. The lowest BCUT2D eigenvalue weighted by Gasteiger charge is -2.28. The predicted molar refractivity (Wildman–Crippen MR) is 70.2 cm³/mol. The van der Waals surface area contributed by atoms with Gasteiger partial charge in [-0.3, -0.25) is 10.1 Å². The molecule has 1 aromatic rings. The summed E-state index contributed by atoms with van der Waals surface area (Å²) >= 11 is 0. The van der Waals surface area contributed by atoms with E-state index in [0.29, 0.717) is 19.4 Å². The summed E-state index contributed by atoms with van der Waals surface area (Å²) in [5.74, 6) is -0.295. The van der Waals surface area contributed by atoms with Crippen LogP contribution in [0.1, 0.15) is 12.8 Å². The van der Waals surface area contributed by atoms with Crippen LogP contribution in [0.15, 0.2) is 29.2 Å². The Bertz CT molecular complexity index is 648. The number of nitriles is 1. The first kappa shape index (κ1) is 14.4. The van der Waals surface area contributed by atoms with E-state index >= 15 is 0 Å². The van der Waals surface area contributed by atoms with Gasteiger partial charge in [0.05, 0.1) is 21.8 Å². The molecular formula is C12H13N3O4S. The Labute approximate surface area is 116 Å². The van der Waals surface area contributed by atoms with E-state index in [1.165, 1.54) is 28.6 Å². The number of nitrogens with zero attached hydrogens (tertiary/aromatic N) is 3. The number of non-ortho nitro benzene ring substituents is 1. The molecular weight excluding hydrogens is 282 g/mol. The van der Waals surface area contributed by atoms with Crippen LogP contribution in [0.4, 0.5) is 5.69 Å². The van der Waals surface area contributed by atoms with Crippen molar-refractivity contribution < 1.29 is 13.3 Å². The molecule has 0 N–H and O–H groups in total. The number of hydrogen-bond acceptors (Lipinski definition) is 5. The van der Waals surface area contributed by atoms with Crippen molar-refractivity contribution in [3.8, 4) is 6.07 Å². The molecule has 1 atom stereocenters. The van der Waals surface area contributed by atoms with Gasteiger partial charge in [0.15, 0.2) is 0 Å². The van der Waals surface area contributed by atoms with E-state index in [-0.39, 0.29) is 23.0 Å². The van der Waals surface area contributed by atoms with Crippen LogP contribution >= 0.6 is 0 Å². The normalized spacial score (nSPS) is 20.2. The first-order chi connectivity index (χ1) is 9.45. The average Bonchev–Trinajstić information content (AvgIpc) is 2.47. The van der Waals surface area contributed by atoms with Crippen LogP contribution in [0.2, 0.25) is 0 Å². The van der Waals surface area contributed by atoms with Gasteiger partial charge in [-0.25, -0.2) is 8.42 Å². The van der Waals surface area contributed by atoms with Crippen molar-refractivity contribution in [2.45, 2.75) is 17.7 Å². The number of piperidine rings is 1. The molecule has 0 spiro atoms. The predicted octanol–water partition coefficient (Wildman–Crippen LogP) is 1.52. The van der Waals surface area contributed by atoms with E-state index in [1.54, 1.807) is 0 Å². The number of sulfonamides is 1. The molecule has 0 saturated carbocycles. The summed E-state index contributed by atoms with van der Waals surface area (Å²) in [5.41, 5.74) is -0.155. The Morgan fingerprint density at radius 3 is 2.55 bits per heavy atom. The Balaban J connectivity index is 2.26. The van der Waals surface area contributed by atoms with Gasteiger partial charge in [-0.05, 0) is 25.0 Å². The Hall–Kier alpha value is -1.98. The SMILES string of the molecule is N#CC1CCCN(S(=O)(=O)c2ccc([N+](=O)[O-])cc2)C1. The van der Waals surface area contributed by atoms with Crippen LogP contribution in [0.3, 0.4) is 0 Å². The summed E-state index contributed by atoms with van der Waals surface area (Å²) in [6.07, 6.45) is 1.34. The van der Waals surface area contributed by atoms with Crippen molar-refractivity contribution in [3.63, 3.8) is 0 Å². The summed E-state index contributed by atoms with van der Waals surface area (Å²) in [6.45, 7) is 0.549.